The third-order valence-electron chi connectivity index (χ3n) is 9.18. The van der Waals surface area contributed by atoms with Crippen LogP contribution >= 0.6 is 0 Å². The van der Waals surface area contributed by atoms with Crippen molar-refractivity contribution >= 4 is 30.4 Å². The minimum Gasteiger partial charge on any atom is -0.0622 e. The molecule has 1 heterocycles. The van der Waals surface area contributed by atoms with Crippen molar-refractivity contribution in [2.24, 2.45) is 0 Å². The van der Waals surface area contributed by atoms with E-state index < -0.39 is 8.07 Å². The van der Waals surface area contributed by atoms with E-state index >= 15 is 0 Å². The predicted molar refractivity (Wildman–Crippen MR) is 204 cm³/mol. The van der Waals surface area contributed by atoms with E-state index in [0.717, 1.165) is 0 Å². The summed E-state index contributed by atoms with van der Waals surface area (Å²) in [4.78, 5) is 0. The highest BCUT2D eigenvalue weighted by atomic mass is 28.3. The first-order valence-corrected chi connectivity index (χ1v) is 19.4. The van der Waals surface area contributed by atoms with Gasteiger partial charge in [-0.1, -0.05) is 207 Å². The third-order valence-corrected chi connectivity index (χ3v) is 12.7. The quantitative estimate of drug-likeness (QED) is 0.149. The van der Waals surface area contributed by atoms with Crippen LogP contribution in [-0.2, 0) is 0 Å². The Morgan fingerprint density at radius 2 is 0.574 bits per heavy atom. The number of benzene rings is 6. The van der Waals surface area contributed by atoms with E-state index in [1.807, 2.05) is 0 Å². The normalized spacial score (nSPS) is 13.7. The van der Waals surface area contributed by atoms with E-state index in [2.05, 4.69) is 207 Å². The van der Waals surface area contributed by atoms with Crippen molar-refractivity contribution in [3.63, 3.8) is 0 Å². The van der Waals surface area contributed by atoms with Crippen LogP contribution in [0.25, 0.3) is 22.3 Å². The van der Waals surface area contributed by atoms with Gasteiger partial charge in [-0.3, -0.25) is 0 Å². The van der Waals surface area contributed by atoms with Gasteiger partial charge in [0, 0.05) is 0 Å². The minimum atomic E-state index is -2.34. The van der Waals surface area contributed by atoms with Gasteiger partial charge in [0.05, 0.1) is 0 Å². The Morgan fingerprint density at radius 3 is 0.830 bits per heavy atom. The lowest BCUT2D eigenvalue weighted by Gasteiger charge is -2.24. The molecule has 0 spiro atoms. The van der Waals surface area contributed by atoms with Crippen LogP contribution in [0.1, 0.15) is 33.4 Å². The van der Waals surface area contributed by atoms with Crippen LogP contribution in [0.3, 0.4) is 0 Å². The monoisotopic (exact) mass is 618 g/mol. The van der Waals surface area contributed by atoms with Crippen molar-refractivity contribution in [1.29, 1.82) is 0 Å². The molecule has 6 aromatic carbocycles. The third kappa shape index (κ3) is 6.19. The zero-order chi connectivity index (χ0) is 32.1. The molecule has 7 rings (SSSR count). The topological polar surface area (TPSA) is 0 Å². The predicted octanol–water partition coefficient (Wildman–Crippen LogP) is 12.0. The maximum Gasteiger partial charge on any atom is 0.113 e. The summed E-state index contributed by atoms with van der Waals surface area (Å²) in [5.41, 5.74) is 12.6. The Balaban J connectivity index is 1.57. The van der Waals surface area contributed by atoms with Crippen molar-refractivity contribution in [3.05, 3.63) is 238 Å². The van der Waals surface area contributed by atoms with Gasteiger partial charge in [-0.2, -0.15) is 0 Å². The van der Waals surface area contributed by atoms with Gasteiger partial charge in [-0.15, -0.1) is 0 Å². The molecule has 0 aromatic heterocycles. The Bertz CT molecular complexity index is 1850. The Kier molecular flexibility index (Phi) is 8.64. The van der Waals surface area contributed by atoms with Crippen LogP contribution in [0, 0.1) is 0 Å². The average Bonchev–Trinajstić information content (AvgIpc) is 3.36. The van der Waals surface area contributed by atoms with Gasteiger partial charge in [0.2, 0.25) is 0 Å². The van der Waals surface area contributed by atoms with E-state index in [1.165, 1.54) is 66.1 Å². The fraction of sp³-hybridized carbons (Fsp3) is 0.0435. The second kappa shape index (κ2) is 13.5. The van der Waals surface area contributed by atoms with Crippen molar-refractivity contribution in [2.75, 3.05) is 0 Å². The van der Waals surface area contributed by atoms with Crippen LogP contribution in [0.2, 0.25) is 13.1 Å². The van der Waals surface area contributed by atoms with E-state index in [4.69, 9.17) is 0 Å². The summed E-state index contributed by atoms with van der Waals surface area (Å²) in [6, 6.07) is 65.5. The molecule has 0 atom stereocenters. The standard InChI is InChI=1S/C46H38Si/c1-47(2)43(33-41(35-21-9-3-10-22-35)36-23-11-4-12-24-36)45(39-29-17-7-18-30-39)46(40-31-19-8-20-32-40)44(47)34-42(37-25-13-5-14-26-37)38-27-15-6-16-28-38/h3-34H,1-2H3. The first-order chi connectivity index (χ1) is 23.1. The molecule has 1 aliphatic rings. The molecule has 0 saturated carbocycles. The zero-order valence-electron chi connectivity index (χ0n) is 27.0. The van der Waals surface area contributed by atoms with E-state index in [9.17, 15) is 0 Å². The summed E-state index contributed by atoms with van der Waals surface area (Å²) >= 11 is 0. The number of hydrogen-bond acceptors (Lipinski definition) is 0. The zero-order valence-corrected chi connectivity index (χ0v) is 28.0. The second-order valence-electron chi connectivity index (χ2n) is 12.5. The van der Waals surface area contributed by atoms with Crippen LogP contribution < -0.4 is 0 Å². The second-order valence-corrected chi connectivity index (χ2v) is 16.8. The lowest BCUT2D eigenvalue weighted by Crippen LogP contribution is -2.29. The molecule has 47 heavy (non-hydrogen) atoms. The lowest BCUT2D eigenvalue weighted by atomic mass is 9.89. The first-order valence-electron chi connectivity index (χ1n) is 16.4. The summed E-state index contributed by atoms with van der Waals surface area (Å²) < 4.78 is 0. The molecule has 1 aliphatic heterocycles. The molecule has 0 unspecified atom stereocenters. The van der Waals surface area contributed by atoms with Gasteiger partial charge in [0.1, 0.15) is 8.07 Å². The summed E-state index contributed by atoms with van der Waals surface area (Å²) in [6.07, 6.45) is 5.04. The highest BCUT2D eigenvalue weighted by molar-refractivity contribution is 6.96. The molecule has 0 aliphatic carbocycles. The first kappa shape index (κ1) is 30.2. The Morgan fingerprint density at radius 1 is 0.340 bits per heavy atom. The summed E-state index contributed by atoms with van der Waals surface area (Å²) in [5, 5.41) is 2.88. The van der Waals surface area contributed by atoms with Crippen molar-refractivity contribution in [3.8, 4) is 0 Å². The molecule has 0 N–H and O–H groups in total. The van der Waals surface area contributed by atoms with E-state index in [0.29, 0.717) is 0 Å². The fourth-order valence-corrected chi connectivity index (χ4v) is 9.87. The van der Waals surface area contributed by atoms with Gasteiger partial charge >= 0.3 is 0 Å². The maximum absolute atomic E-state index is 2.53. The molecule has 0 radical (unpaired) electrons. The number of hydrogen-bond donors (Lipinski definition) is 0. The Hall–Kier alpha value is -5.50. The van der Waals surface area contributed by atoms with Crippen LogP contribution in [0.15, 0.2) is 205 Å². The number of rotatable bonds is 8. The number of allylic oxidation sites excluding steroid dienone is 6. The molecule has 1 heteroatoms. The smallest absolute Gasteiger partial charge is 0.0622 e. The average molecular weight is 619 g/mol. The fourth-order valence-electron chi connectivity index (χ4n) is 6.78. The molecule has 0 saturated heterocycles. The highest BCUT2D eigenvalue weighted by Crippen LogP contribution is 2.51. The summed E-state index contributed by atoms with van der Waals surface area (Å²) in [5.74, 6) is 0. The van der Waals surface area contributed by atoms with Gasteiger partial charge in [0.15, 0.2) is 0 Å². The van der Waals surface area contributed by atoms with Gasteiger partial charge in [-0.05, 0) is 66.1 Å². The van der Waals surface area contributed by atoms with Gasteiger partial charge < -0.3 is 0 Å². The lowest BCUT2D eigenvalue weighted by molar-refractivity contribution is 1.53. The molecule has 0 bridgehead atoms. The van der Waals surface area contributed by atoms with E-state index in [1.54, 1.807) is 0 Å². The largest absolute Gasteiger partial charge is 0.113 e. The van der Waals surface area contributed by atoms with Crippen LogP contribution in [-0.4, -0.2) is 8.07 Å². The molecule has 0 nitrogen and oxygen atoms in total. The summed E-state index contributed by atoms with van der Waals surface area (Å²) in [6.45, 7) is 5.06. The highest BCUT2D eigenvalue weighted by Gasteiger charge is 2.41. The molecule has 6 aromatic rings. The van der Waals surface area contributed by atoms with Crippen LogP contribution in [0.4, 0.5) is 0 Å². The van der Waals surface area contributed by atoms with E-state index in [-0.39, 0.29) is 0 Å². The molecular weight excluding hydrogens is 581 g/mol. The SMILES string of the molecule is C[Si]1(C)C(C=C(c2ccccc2)c2ccccc2)=C(c2ccccc2)C(c2ccccc2)=C1C=C(c1ccccc1)c1ccccc1. The Labute approximate surface area is 280 Å². The molecule has 226 valence electrons. The van der Waals surface area contributed by atoms with Crippen molar-refractivity contribution < 1.29 is 0 Å². The minimum absolute atomic E-state index is 1.22. The van der Waals surface area contributed by atoms with Gasteiger partial charge in [0.25, 0.3) is 0 Å². The molecule has 0 amide bonds. The van der Waals surface area contributed by atoms with Gasteiger partial charge in [-0.25, -0.2) is 0 Å². The van der Waals surface area contributed by atoms with Crippen molar-refractivity contribution in [1.82, 2.24) is 0 Å². The maximum atomic E-state index is 2.53. The van der Waals surface area contributed by atoms with Crippen molar-refractivity contribution in [2.45, 2.75) is 13.1 Å². The van der Waals surface area contributed by atoms with Crippen LogP contribution in [0.5, 0.6) is 0 Å². The molecular formula is C46H38Si. The summed E-state index contributed by atoms with van der Waals surface area (Å²) in [7, 11) is -2.34. The molecule has 0 fully saturated rings.